The number of hydrogen-bond acceptors (Lipinski definition) is 2. The number of ether oxygens (including phenoxy) is 1. The molecule has 2 spiro atoms. The summed E-state index contributed by atoms with van der Waals surface area (Å²) in [6.45, 7) is 1.64. The number of rotatable bonds is 0. The van der Waals surface area contributed by atoms with E-state index in [9.17, 15) is 4.79 Å². The van der Waals surface area contributed by atoms with Gasteiger partial charge in [-0.1, -0.05) is 19.3 Å². The maximum absolute atomic E-state index is 11.7. The Balaban J connectivity index is 1.93. The predicted octanol–water partition coefficient (Wildman–Crippen LogP) is 1.62. The molecule has 84 valence electrons. The van der Waals surface area contributed by atoms with Gasteiger partial charge in [-0.15, -0.1) is 0 Å². The lowest BCUT2D eigenvalue weighted by molar-refractivity contribution is -0.120. The van der Waals surface area contributed by atoms with Crippen LogP contribution in [0.3, 0.4) is 0 Å². The van der Waals surface area contributed by atoms with Gasteiger partial charge in [0.25, 0.3) is 0 Å². The fourth-order valence-electron chi connectivity index (χ4n) is 3.85. The molecule has 1 amide bonds. The molecular weight excluding hydrogens is 190 g/mol. The van der Waals surface area contributed by atoms with Gasteiger partial charge in [-0.25, -0.2) is 0 Å². The fraction of sp³-hybridized carbons (Fsp3) is 0.917. The van der Waals surface area contributed by atoms with Crippen LogP contribution in [0.5, 0.6) is 0 Å². The summed E-state index contributed by atoms with van der Waals surface area (Å²) in [7, 11) is 0. The highest BCUT2D eigenvalue weighted by molar-refractivity contribution is 5.81. The Labute approximate surface area is 90.6 Å². The van der Waals surface area contributed by atoms with Gasteiger partial charge in [0, 0.05) is 24.0 Å². The van der Waals surface area contributed by atoms with Crippen LogP contribution in [0, 0.1) is 5.41 Å². The zero-order chi connectivity index (χ0) is 10.4. The van der Waals surface area contributed by atoms with Crippen molar-refractivity contribution in [2.24, 2.45) is 5.41 Å². The minimum absolute atomic E-state index is 0.0961. The fourth-order valence-corrected chi connectivity index (χ4v) is 3.85. The second kappa shape index (κ2) is 3.21. The summed E-state index contributed by atoms with van der Waals surface area (Å²) in [5.41, 5.74) is 0.239. The molecule has 3 nitrogen and oxygen atoms in total. The lowest BCUT2D eigenvalue weighted by atomic mass is 9.63. The molecule has 2 heterocycles. The second-order valence-electron chi connectivity index (χ2n) is 5.45. The Kier molecular flexibility index (Phi) is 2.06. The Morgan fingerprint density at radius 1 is 1.13 bits per heavy atom. The van der Waals surface area contributed by atoms with E-state index in [1.165, 1.54) is 32.1 Å². The molecule has 1 N–H and O–H groups in total. The molecular formula is C12H19NO2. The van der Waals surface area contributed by atoms with Gasteiger partial charge in [-0.05, 0) is 19.3 Å². The average molecular weight is 209 g/mol. The molecule has 3 rings (SSSR count). The first-order chi connectivity index (χ1) is 7.27. The molecule has 0 aromatic rings. The first-order valence-corrected chi connectivity index (χ1v) is 6.15. The third-order valence-corrected chi connectivity index (χ3v) is 4.70. The zero-order valence-electron chi connectivity index (χ0n) is 9.18. The minimum Gasteiger partial charge on any atom is -0.381 e. The molecule has 0 radical (unpaired) electrons. The summed E-state index contributed by atoms with van der Waals surface area (Å²) >= 11 is 0. The first-order valence-electron chi connectivity index (χ1n) is 6.15. The van der Waals surface area contributed by atoms with Crippen molar-refractivity contribution >= 4 is 5.91 Å². The largest absolute Gasteiger partial charge is 0.381 e. The van der Waals surface area contributed by atoms with Gasteiger partial charge in [-0.3, -0.25) is 4.79 Å². The van der Waals surface area contributed by atoms with Crippen molar-refractivity contribution in [3.8, 4) is 0 Å². The van der Waals surface area contributed by atoms with E-state index in [4.69, 9.17) is 4.74 Å². The molecule has 1 atom stereocenters. The van der Waals surface area contributed by atoms with Gasteiger partial charge in [0.15, 0.2) is 0 Å². The van der Waals surface area contributed by atoms with Gasteiger partial charge >= 0.3 is 0 Å². The van der Waals surface area contributed by atoms with E-state index in [2.05, 4.69) is 5.32 Å². The normalized spacial score (nSPS) is 38.8. The molecule has 1 saturated carbocycles. The SMILES string of the molecule is O=C1CC2(CCOC2)C2(CCCCC2)N1. The summed E-state index contributed by atoms with van der Waals surface area (Å²) in [4.78, 5) is 11.7. The molecule has 2 aliphatic heterocycles. The van der Waals surface area contributed by atoms with Crippen molar-refractivity contribution in [3.05, 3.63) is 0 Å². The number of carbonyl (C=O) groups excluding carboxylic acids is 1. The van der Waals surface area contributed by atoms with E-state index in [1.54, 1.807) is 0 Å². The van der Waals surface area contributed by atoms with Crippen LogP contribution in [0.1, 0.15) is 44.9 Å². The smallest absolute Gasteiger partial charge is 0.221 e. The number of carbonyl (C=O) groups is 1. The van der Waals surface area contributed by atoms with E-state index < -0.39 is 0 Å². The van der Waals surface area contributed by atoms with Crippen LogP contribution < -0.4 is 5.32 Å². The quantitative estimate of drug-likeness (QED) is 0.658. The number of hydrogen-bond donors (Lipinski definition) is 1. The van der Waals surface area contributed by atoms with Crippen LogP contribution in [0.25, 0.3) is 0 Å². The first kappa shape index (κ1) is 9.64. The predicted molar refractivity (Wildman–Crippen MR) is 56.4 cm³/mol. The minimum atomic E-state index is 0.0961. The molecule has 0 aromatic carbocycles. The highest BCUT2D eigenvalue weighted by Gasteiger charge is 2.59. The lowest BCUT2D eigenvalue weighted by Crippen LogP contribution is -2.53. The van der Waals surface area contributed by atoms with Gasteiger partial charge in [0.2, 0.25) is 5.91 Å². The van der Waals surface area contributed by atoms with E-state index in [0.717, 1.165) is 19.6 Å². The molecule has 3 fully saturated rings. The number of fused-ring (bicyclic) bond motifs is 1. The van der Waals surface area contributed by atoms with Crippen LogP contribution in [0.4, 0.5) is 0 Å². The molecule has 0 aromatic heterocycles. The highest BCUT2D eigenvalue weighted by atomic mass is 16.5. The standard InChI is InChI=1S/C12H19NO2/c14-10-8-11(6-7-15-9-11)12(13-10)4-2-1-3-5-12/h1-9H2,(H,13,14). The highest BCUT2D eigenvalue weighted by Crippen LogP contribution is 2.52. The van der Waals surface area contributed by atoms with Crippen molar-refractivity contribution in [2.75, 3.05) is 13.2 Å². The summed E-state index contributed by atoms with van der Waals surface area (Å²) in [5, 5.41) is 3.28. The third kappa shape index (κ3) is 1.25. The average Bonchev–Trinajstić information content (AvgIpc) is 2.77. The van der Waals surface area contributed by atoms with Gasteiger partial charge < -0.3 is 10.1 Å². The Morgan fingerprint density at radius 2 is 1.93 bits per heavy atom. The Hall–Kier alpha value is -0.570. The second-order valence-corrected chi connectivity index (χ2v) is 5.45. The summed E-state index contributed by atoms with van der Waals surface area (Å²) in [6, 6.07) is 0. The van der Waals surface area contributed by atoms with Gasteiger partial charge in [0.05, 0.1) is 6.61 Å². The lowest BCUT2D eigenvalue weighted by Gasteiger charge is -2.44. The summed E-state index contributed by atoms with van der Waals surface area (Å²) in [6.07, 6.45) is 7.97. The van der Waals surface area contributed by atoms with Crippen LogP contribution in [0.15, 0.2) is 0 Å². The summed E-state index contributed by atoms with van der Waals surface area (Å²) in [5.74, 6) is 0.252. The molecule has 3 aliphatic rings. The van der Waals surface area contributed by atoms with E-state index in [-0.39, 0.29) is 16.9 Å². The van der Waals surface area contributed by atoms with Crippen LogP contribution in [-0.4, -0.2) is 24.7 Å². The van der Waals surface area contributed by atoms with E-state index in [0.29, 0.717) is 6.42 Å². The summed E-state index contributed by atoms with van der Waals surface area (Å²) < 4.78 is 5.57. The van der Waals surface area contributed by atoms with Crippen LogP contribution >= 0.6 is 0 Å². The Morgan fingerprint density at radius 3 is 2.60 bits per heavy atom. The van der Waals surface area contributed by atoms with Gasteiger partial charge in [-0.2, -0.15) is 0 Å². The zero-order valence-corrected chi connectivity index (χ0v) is 9.18. The molecule has 3 heteroatoms. The number of nitrogens with one attached hydrogen (secondary N) is 1. The number of amides is 1. The van der Waals surface area contributed by atoms with E-state index in [1.807, 2.05) is 0 Å². The van der Waals surface area contributed by atoms with Crippen molar-refractivity contribution in [2.45, 2.75) is 50.5 Å². The van der Waals surface area contributed by atoms with Crippen LogP contribution in [0.2, 0.25) is 0 Å². The monoisotopic (exact) mass is 209 g/mol. The van der Waals surface area contributed by atoms with Crippen molar-refractivity contribution in [1.82, 2.24) is 5.32 Å². The molecule has 15 heavy (non-hydrogen) atoms. The molecule has 0 bridgehead atoms. The van der Waals surface area contributed by atoms with Crippen LogP contribution in [-0.2, 0) is 9.53 Å². The Bertz CT molecular complexity index is 275. The molecule has 1 aliphatic carbocycles. The molecule has 1 unspecified atom stereocenters. The molecule has 2 saturated heterocycles. The third-order valence-electron chi connectivity index (χ3n) is 4.70. The maximum Gasteiger partial charge on any atom is 0.221 e. The van der Waals surface area contributed by atoms with Crippen molar-refractivity contribution in [3.63, 3.8) is 0 Å². The van der Waals surface area contributed by atoms with Gasteiger partial charge in [0.1, 0.15) is 0 Å². The topological polar surface area (TPSA) is 38.3 Å². The van der Waals surface area contributed by atoms with E-state index >= 15 is 0 Å². The maximum atomic E-state index is 11.7. The van der Waals surface area contributed by atoms with Crippen molar-refractivity contribution < 1.29 is 9.53 Å². The van der Waals surface area contributed by atoms with Crippen molar-refractivity contribution in [1.29, 1.82) is 0 Å².